The number of nitrogen functional groups attached to an aromatic ring is 1. The number of morpholine rings is 1. The van der Waals surface area contributed by atoms with E-state index >= 15 is 0 Å². The number of hydrogen-bond acceptors (Lipinski definition) is 7. The van der Waals surface area contributed by atoms with Gasteiger partial charge in [0, 0.05) is 36.8 Å². The van der Waals surface area contributed by atoms with Crippen LogP contribution in [0.2, 0.25) is 0 Å². The predicted molar refractivity (Wildman–Crippen MR) is 92.5 cm³/mol. The molecular weight excluding hydrogens is 360 g/mol. The molecule has 1 atom stereocenters. The number of nitrogens with zero attached hydrogens (tertiary/aromatic N) is 4. The van der Waals surface area contributed by atoms with Gasteiger partial charge >= 0.3 is 6.09 Å². The van der Waals surface area contributed by atoms with E-state index in [-0.39, 0.29) is 37.0 Å². The van der Waals surface area contributed by atoms with Gasteiger partial charge in [-0.3, -0.25) is 0 Å². The average Bonchev–Trinajstić information content (AvgIpc) is 2.67. The van der Waals surface area contributed by atoms with Gasteiger partial charge < -0.3 is 20.1 Å². The number of aliphatic imine (C=N–C) groups is 1. The number of benzene rings is 1. The summed E-state index contributed by atoms with van der Waals surface area (Å²) in [4.78, 5) is 25.6. The summed E-state index contributed by atoms with van der Waals surface area (Å²) in [5, 5.41) is 0. The van der Waals surface area contributed by atoms with Crippen LogP contribution in [0.25, 0.3) is 0 Å². The van der Waals surface area contributed by atoms with E-state index in [9.17, 15) is 13.6 Å². The Morgan fingerprint density at radius 1 is 1.41 bits per heavy atom. The highest BCUT2D eigenvalue weighted by atomic mass is 19.1. The Balaban J connectivity index is 1.55. The van der Waals surface area contributed by atoms with Gasteiger partial charge in [-0.15, -0.1) is 0 Å². The minimum Gasteiger partial charge on any atom is -0.444 e. The molecule has 1 aliphatic rings. The molecule has 3 rings (SSSR count). The number of amides is 1. The Morgan fingerprint density at radius 3 is 3.00 bits per heavy atom. The molecule has 1 saturated heterocycles. The molecule has 1 fully saturated rings. The Morgan fingerprint density at radius 2 is 2.22 bits per heavy atom. The van der Waals surface area contributed by atoms with Gasteiger partial charge in [0.1, 0.15) is 24.3 Å². The molecule has 1 aromatic heterocycles. The second-order valence-corrected chi connectivity index (χ2v) is 5.69. The maximum absolute atomic E-state index is 13.6. The molecule has 1 amide bonds. The largest absolute Gasteiger partial charge is 0.444 e. The number of hydrogen-bond donors (Lipinski definition) is 1. The lowest BCUT2D eigenvalue weighted by Gasteiger charge is -2.30. The summed E-state index contributed by atoms with van der Waals surface area (Å²) in [5.74, 6) is -1.02. The molecule has 2 N–H and O–H groups in total. The number of carbonyl (C=O) groups is 1. The molecule has 8 nitrogen and oxygen atoms in total. The summed E-state index contributed by atoms with van der Waals surface area (Å²) in [6.45, 7) is 0.514. The number of halogens is 2. The Labute approximate surface area is 153 Å². The summed E-state index contributed by atoms with van der Waals surface area (Å²) >= 11 is 0. The molecule has 10 heteroatoms. The van der Waals surface area contributed by atoms with Gasteiger partial charge in [-0.05, 0) is 12.1 Å². The maximum atomic E-state index is 13.6. The van der Waals surface area contributed by atoms with E-state index in [4.69, 9.17) is 15.2 Å². The lowest BCUT2D eigenvalue weighted by atomic mass is 10.2. The molecule has 0 unspecified atom stereocenters. The molecule has 0 saturated carbocycles. The third-order valence-electron chi connectivity index (χ3n) is 3.79. The molecule has 27 heavy (non-hydrogen) atoms. The van der Waals surface area contributed by atoms with Gasteiger partial charge in [0.2, 0.25) is 0 Å². The fraction of sp³-hybridized carbons (Fsp3) is 0.294. The zero-order valence-corrected chi connectivity index (χ0v) is 14.2. The van der Waals surface area contributed by atoms with E-state index in [1.54, 1.807) is 0 Å². The van der Waals surface area contributed by atoms with Crippen molar-refractivity contribution in [2.24, 2.45) is 4.99 Å². The third-order valence-corrected chi connectivity index (χ3v) is 3.79. The quantitative estimate of drug-likeness (QED) is 0.819. The van der Waals surface area contributed by atoms with Crippen LogP contribution in [0.3, 0.4) is 0 Å². The summed E-state index contributed by atoms with van der Waals surface area (Å²) in [7, 11) is 0. The first-order valence-electron chi connectivity index (χ1n) is 8.11. The van der Waals surface area contributed by atoms with Crippen LogP contribution in [0, 0.1) is 11.6 Å². The van der Waals surface area contributed by atoms with Crippen LogP contribution in [-0.4, -0.2) is 53.0 Å². The molecule has 2 heterocycles. The van der Waals surface area contributed by atoms with Crippen molar-refractivity contribution in [3.05, 3.63) is 47.8 Å². The van der Waals surface area contributed by atoms with Crippen molar-refractivity contribution in [2.75, 3.05) is 25.4 Å². The number of aromatic nitrogens is 2. The number of carbonyl (C=O) groups excluding carboxylic acids is 1. The highest BCUT2D eigenvalue weighted by Crippen LogP contribution is 2.15. The zero-order chi connectivity index (χ0) is 19.2. The second-order valence-electron chi connectivity index (χ2n) is 5.69. The van der Waals surface area contributed by atoms with Crippen LogP contribution in [0.5, 0.6) is 0 Å². The molecule has 142 valence electrons. The smallest absolute Gasteiger partial charge is 0.410 e. The SMILES string of the molecule is Nc1nccnc1/N=C/[C@@H]1CN(C(=O)OCc2ccc(F)cc2F)CCO1. The molecule has 0 bridgehead atoms. The van der Waals surface area contributed by atoms with Crippen molar-refractivity contribution in [1.82, 2.24) is 14.9 Å². The molecular formula is C17H17F2N5O3. The van der Waals surface area contributed by atoms with Crippen LogP contribution in [0.15, 0.2) is 35.6 Å². The first kappa shape index (κ1) is 18.6. The van der Waals surface area contributed by atoms with E-state index in [0.717, 1.165) is 12.1 Å². The highest BCUT2D eigenvalue weighted by Gasteiger charge is 2.24. The Kier molecular flexibility index (Phi) is 5.87. The number of ether oxygens (including phenoxy) is 2. The van der Waals surface area contributed by atoms with Gasteiger partial charge in [-0.25, -0.2) is 28.5 Å². The fourth-order valence-electron chi connectivity index (χ4n) is 2.40. The Bertz CT molecular complexity index is 849. The van der Waals surface area contributed by atoms with Crippen molar-refractivity contribution >= 4 is 23.9 Å². The highest BCUT2D eigenvalue weighted by molar-refractivity contribution is 5.72. The first-order valence-corrected chi connectivity index (χ1v) is 8.11. The van der Waals surface area contributed by atoms with E-state index in [2.05, 4.69) is 15.0 Å². The van der Waals surface area contributed by atoms with Crippen LogP contribution in [-0.2, 0) is 16.1 Å². The summed E-state index contributed by atoms with van der Waals surface area (Å²) in [6, 6.07) is 3.08. The lowest BCUT2D eigenvalue weighted by Crippen LogP contribution is -2.46. The fourth-order valence-corrected chi connectivity index (χ4v) is 2.40. The van der Waals surface area contributed by atoms with Crippen molar-refractivity contribution in [1.29, 1.82) is 0 Å². The number of rotatable bonds is 4. The van der Waals surface area contributed by atoms with E-state index in [1.165, 1.54) is 29.6 Å². The van der Waals surface area contributed by atoms with Crippen molar-refractivity contribution < 1.29 is 23.0 Å². The zero-order valence-electron chi connectivity index (χ0n) is 14.2. The molecule has 1 aliphatic heterocycles. The van der Waals surface area contributed by atoms with Crippen molar-refractivity contribution in [3.8, 4) is 0 Å². The second kappa shape index (κ2) is 8.49. The van der Waals surface area contributed by atoms with Gasteiger partial charge in [0.25, 0.3) is 0 Å². The molecule has 0 aliphatic carbocycles. The van der Waals surface area contributed by atoms with Crippen LogP contribution < -0.4 is 5.73 Å². The van der Waals surface area contributed by atoms with Gasteiger partial charge in [-0.2, -0.15) is 0 Å². The Hall–Kier alpha value is -3.14. The van der Waals surface area contributed by atoms with Gasteiger partial charge in [0.15, 0.2) is 11.6 Å². The van der Waals surface area contributed by atoms with Gasteiger partial charge in [-0.1, -0.05) is 0 Å². The number of anilines is 1. The molecule has 1 aromatic carbocycles. The van der Waals surface area contributed by atoms with Crippen LogP contribution in [0.1, 0.15) is 5.56 Å². The standard InChI is InChI=1S/C17H17F2N5O3/c18-12-2-1-11(14(19)7-12)10-27-17(25)24-5-6-26-13(9-24)8-23-16-15(20)21-3-4-22-16/h1-4,7-8,13H,5-6,9-10H2,(H2,20,21)/b23-8+/t13-/m1/s1. The van der Waals surface area contributed by atoms with E-state index in [0.29, 0.717) is 6.54 Å². The van der Waals surface area contributed by atoms with Crippen molar-refractivity contribution in [2.45, 2.75) is 12.7 Å². The van der Waals surface area contributed by atoms with E-state index < -0.39 is 23.8 Å². The molecule has 0 spiro atoms. The average molecular weight is 377 g/mol. The third kappa shape index (κ3) is 4.94. The first-order chi connectivity index (χ1) is 13.0. The lowest BCUT2D eigenvalue weighted by molar-refractivity contribution is 0.00312. The minimum atomic E-state index is -0.767. The monoisotopic (exact) mass is 377 g/mol. The normalized spacial score (nSPS) is 17.3. The molecule has 0 radical (unpaired) electrons. The number of nitrogens with two attached hydrogens (primary N) is 1. The van der Waals surface area contributed by atoms with Crippen LogP contribution in [0.4, 0.5) is 25.2 Å². The maximum Gasteiger partial charge on any atom is 0.410 e. The van der Waals surface area contributed by atoms with Crippen LogP contribution >= 0.6 is 0 Å². The molecule has 2 aromatic rings. The van der Waals surface area contributed by atoms with E-state index in [1.807, 2.05) is 0 Å². The summed E-state index contributed by atoms with van der Waals surface area (Å²) in [5.41, 5.74) is 5.75. The van der Waals surface area contributed by atoms with Crippen molar-refractivity contribution in [3.63, 3.8) is 0 Å². The predicted octanol–water partition coefficient (Wildman–Crippen LogP) is 2.08. The topological polar surface area (TPSA) is 103 Å². The minimum absolute atomic E-state index is 0.0919. The van der Waals surface area contributed by atoms with Gasteiger partial charge in [0.05, 0.1) is 13.2 Å². The summed E-state index contributed by atoms with van der Waals surface area (Å²) < 4.78 is 37.1. The summed E-state index contributed by atoms with van der Waals surface area (Å²) in [6.07, 6.45) is 3.30.